The van der Waals surface area contributed by atoms with Gasteiger partial charge in [-0.15, -0.1) is 0 Å². The van der Waals surface area contributed by atoms with Gasteiger partial charge in [-0.3, -0.25) is 4.79 Å². The van der Waals surface area contributed by atoms with E-state index < -0.39 is 17.6 Å². The van der Waals surface area contributed by atoms with Crippen molar-refractivity contribution in [2.24, 2.45) is 11.8 Å². The topological polar surface area (TPSA) is 32.3 Å². The third-order valence-corrected chi connectivity index (χ3v) is 4.93. The van der Waals surface area contributed by atoms with E-state index in [9.17, 15) is 18.0 Å². The third-order valence-electron chi connectivity index (χ3n) is 4.93. The summed E-state index contributed by atoms with van der Waals surface area (Å²) in [7, 11) is 0. The predicted octanol–water partition coefficient (Wildman–Crippen LogP) is 2.56. The van der Waals surface area contributed by atoms with Crippen LogP contribution in [0.4, 0.5) is 13.2 Å². The number of carbonyl (C=O) groups is 1. The van der Waals surface area contributed by atoms with Gasteiger partial charge in [-0.2, -0.15) is 13.2 Å². The molecule has 0 aromatic carbocycles. The molecule has 0 bridgehead atoms. The summed E-state index contributed by atoms with van der Waals surface area (Å²) in [6.07, 6.45) is -2.57. The Morgan fingerprint density at radius 1 is 1.30 bits per heavy atom. The van der Waals surface area contributed by atoms with E-state index in [1.165, 1.54) is 18.7 Å². The molecule has 116 valence electrons. The van der Waals surface area contributed by atoms with E-state index in [4.69, 9.17) is 0 Å². The van der Waals surface area contributed by atoms with Crippen molar-refractivity contribution >= 4 is 5.91 Å². The number of amides is 1. The number of hydrogen-bond donors (Lipinski definition) is 1. The molecule has 2 fully saturated rings. The summed E-state index contributed by atoms with van der Waals surface area (Å²) in [5.74, 6) is -1.75. The van der Waals surface area contributed by atoms with Crippen molar-refractivity contribution in [2.75, 3.05) is 13.1 Å². The minimum Gasteiger partial charge on any atom is -0.337 e. The van der Waals surface area contributed by atoms with Crippen molar-refractivity contribution in [3.05, 3.63) is 0 Å². The lowest BCUT2D eigenvalue weighted by atomic mass is 9.85. The zero-order valence-electron chi connectivity index (χ0n) is 12.3. The van der Waals surface area contributed by atoms with Crippen LogP contribution in [-0.4, -0.2) is 41.7 Å². The van der Waals surface area contributed by atoms with Crippen LogP contribution >= 0.6 is 0 Å². The molecule has 20 heavy (non-hydrogen) atoms. The summed E-state index contributed by atoms with van der Waals surface area (Å²) >= 11 is 0. The summed E-state index contributed by atoms with van der Waals surface area (Å²) in [5.41, 5.74) is -1.15. The lowest BCUT2D eigenvalue weighted by molar-refractivity contribution is -0.193. The zero-order chi connectivity index (χ0) is 15.1. The smallest absolute Gasteiger partial charge is 0.337 e. The van der Waals surface area contributed by atoms with E-state index >= 15 is 0 Å². The number of hydrogen-bond acceptors (Lipinski definition) is 2. The Kier molecular flexibility index (Phi) is 4.06. The molecule has 2 aliphatic rings. The second-order valence-corrected chi connectivity index (χ2v) is 6.52. The Labute approximate surface area is 117 Å². The normalized spacial score (nSPS) is 34.3. The van der Waals surface area contributed by atoms with E-state index in [0.29, 0.717) is 0 Å². The van der Waals surface area contributed by atoms with Crippen LogP contribution < -0.4 is 5.32 Å². The highest BCUT2D eigenvalue weighted by Crippen LogP contribution is 2.45. The number of nitrogens with zero attached hydrogens (tertiary/aromatic N) is 1. The first-order chi connectivity index (χ1) is 9.15. The van der Waals surface area contributed by atoms with Gasteiger partial charge in [0.1, 0.15) is 0 Å². The van der Waals surface area contributed by atoms with Gasteiger partial charge in [-0.05, 0) is 46.6 Å². The minimum absolute atomic E-state index is 0.0107. The van der Waals surface area contributed by atoms with Gasteiger partial charge in [-0.25, -0.2) is 0 Å². The average Bonchev–Trinajstić information content (AvgIpc) is 2.64. The second kappa shape index (κ2) is 5.20. The lowest BCUT2D eigenvalue weighted by Crippen LogP contribution is -2.55. The van der Waals surface area contributed by atoms with E-state index in [-0.39, 0.29) is 30.8 Å². The zero-order valence-corrected chi connectivity index (χ0v) is 12.3. The molecule has 3 nitrogen and oxygen atoms in total. The summed E-state index contributed by atoms with van der Waals surface area (Å²) in [4.78, 5) is 14.1. The van der Waals surface area contributed by atoms with E-state index in [1.54, 1.807) is 0 Å². The maximum absolute atomic E-state index is 13.1. The predicted molar refractivity (Wildman–Crippen MR) is 70.1 cm³/mol. The molecule has 0 radical (unpaired) electrons. The molecule has 3 atom stereocenters. The first kappa shape index (κ1) is 15.6. The van der Waals surface area contributed by atoms with Gasteiger partial charge in [0.25, 0.3) is 0 Å². The number of rotatable bonds is 1. The molecule has 0 aromatic heterocycles. The van der Waals surface area contributed by atoms with Crippen LogP contribution in [0.3, 0.4) is 0 Å². The summed E-state index contributed by atoms with van der Waals surface area (Å²) in [5, 5.41) is 3.24. The lowest BCUT2D eigenvalue weighted by Gasteiger charge is -2.40. The van der Waals surface area contributed by atoms with Crippen molar-refractivity contribution in [3.63, 3.8) is 0 Å². The molecule has 1 amide bonds. The van der Waals surface area contributed by atoms with Gasteiger partial charge in [0.05, 0.1) is 11.8 Å². The quantitative estimate of drug-likeness (QED) is 0.805. The van der Waals surface area contributed by atoms with Gasteiger partial charge >= 0.3 is 6.18 Å². The molecule has 2 saturated heterocycles. The largest absolute Gasteiger partial charge is 0.394 e. The molecule has 0 spiro atoms. The highest BCUT2D eigenvalue weighted by molar-refractivity contribution is 5.80. The molecule has 2 heterocycles. The number of piperidine rings is 1. The summed E-state index contributed by atoms with van der Waals surface area (Å²) in [6, 6.07) is 0.0389. The van der Waals surface area contributed by atoms with Gasteiger partial charge in [0.2, 0.25) is 5.91 Å². The maximum Gasteiger partial charge on any atom is 0.394 e. The third kappa shape index (κ3) is 2.67. The van der Waals surface area contributed by atoms with Gasteiger partial charge in [0, 0.05) is 18.1 Å². The van der Waals surface area contributed by atoms with Crippen molar-refractivity contribution in [2.45, 2.75) is 57.8 Å². The number of carbonyl (C=O) groups excluding carboxylic acids is 1. The first-order valence-electron chi connectivity index (χ1n) is 7.27. The Bertz CT molecular complexity index is 381. The maximum atomic E-state index is 13.1. The van der Waals surface area contributed by atoms with Crippen LogP contribution in [-0.2, 0) is 4.79 Å². The molecule has 2 rings (SSSR count). The van der Waals surface area contributed by atoms with Gasteiger partial charge in [0.15, 0.2) is 0 Å². The average molecular weight is 292 g/mol. The van der Waals surface area contributed by atoms with Crippen LogP contribution in [0.25, 0.3) is 0 Å². The Morgan fingerprint density at radius 2 is 1.95 bits per heavy atom. The fourth-order valence-electron chi connectivity index (χ4n) is 3.63. The number of nitrogens with one attached hydrogen (secondary N) is 1. The van der Waals surface area contributed by atoms with Crippen LogP contribution in [0, 0.1) is 11.8 Å². The molecule has 0 aromatic rings. The molecule has 6 heteroatoms. The molecule has 2 aliphatic heterocycles. The van der Waals surface area contributed by atoms with Crippen molar-refractivity contribution in [1.29, 1.82) is 0 Å². The highest BCUT2D eigenvalue weighted by Gasteiger charge is 2.56. The number of alkyl halides is 3. The number of likely N-dealkylation sites (tertiary alicyclic amines) is 1. The minimum atomic E-state index is -4.24. The monoisotopic (exact) mass is 292 g/mol. The van der Waals surface area contributed by atoms with Crippen LogP contribution in [0.15, 0.2) is 0 Å². The SMILES string of the molecule is CC1NCCCC1C(=O)N1CCC(C(F)(F)F)C1(C)C. The Morgan fingerprint density at radius 3 is 2.45 bits per heavy atom. The van der Waals surface area contributed by atoms with Crippen molar-refractivity contribution < 1.29 is 18.0 Å². The Balaban J connectivity index is 2.15. The molecule has 0 saturated carbocycles. The van der Waals surface area contributed by atoms with Crippen molar-refractivity contribution in [1.82, 2.24) is 10.2 Å². The molecule has 0 aliphatic carbocycles. The fourth-order valence-corrected chi connectivity index (χ4v) is 3.63. The summed E-state index contributed by atoms with van der Waals surface area (Å²) < 4.78 is 39.2. The fraction of sp³-hybridized carbons (Fsp3) is 0.929. The van der Waals surface area contributed by atoms with Crippen LogP contribution in [0.1, 0.15) is 40.0 Å². The van der Waals surface area contributed by atoms with Crippen molar-refractivity contribution in [3.8, 4) is 0 Å². The van der Waals surface area contributed by atoms with Crippen LogP contribution in [0.2, 0.25) is 0 Å². The van der Waals surface area contributed by atoms with E-state index in [0.717, 1.165) is 19.4 Å². The highest BCUT2D eigenvalue weighted by atomic mass is 19.4. The van der Waals surface area contributed by atoms with Gasteiger partial charge in [-0.1, -0.05) is 0 Å². The molecular weight excluding hydrogens is 269 g/mol. The standard InChI is InChI=1S/C14H23F3N2O/c1-9-10(5-4-7-18-9)12(20)19-8-6-11(13(19,2)3)14(15,16)17/h9-11,18H,4-8H2,1-3H3. The molecule has 3 unspecified atom stereocenters. The first-order valence-corrected chi connectivity index (χ1v) is 7.27. The molecule has 1 N–H and O–H groups in total. The second-order valence-electron chi connectivity index (χ2n) is 6.52. The summed E-state index contributed by atoms with van der Waals surface area (Å²) in [6.45, 7) is 6.10. The Hall–Kier alpha value is -0.780. The van der Waals surface area contributed by atoms with Gasteiger partial charge < -0.3 is 10.2 Å². The number of halogens is 3. The molecular formula is C14H23F3N2O. The van der Waals surface area contributed by atoms with E-state index in [2.05, 4.69) is 5.32 Å². The van der Waals surface area contributed by atoms with Crippen LogP contribution in [0.5, 0.6) is 0 Å². The van der Waals surface area contributed by atoms with E-state index in [1.807, 2.05) is 6.92 Å².